The molecule has 0 radical (unpaired) electrons. The summed E-state index contributed by atoms with van der Waals surface area (Å²) >= 11 is 0. The number of hydrogen-bond acceptors (Lipinski definition) is 2. The van der Waals surface area contributed by atoms with Gasteiger partial charge in [-0.05, 0) is 0 Å². The maximum Gasteiger partial charge on any atom is 2.00 e. The quantitative estimate of drug-likeness (QED) is 0.279. The van der Waals surface area contributed by atoms with Gasteiger partial charge in [0.15, 0.2) is 0 Å². The zero-order valence-electron chi connectivity index (χ0n) is 4.31. The van der Waals surface area contributed by atoms with Gasteiger partial charge in [0.1, 0.15) is 6.79 Å². The molecule has 0 spiro atoms. The Bertz CT molecular complexity index is 11.5. The van der Waals surface area contributed by atoms with Gasteiger partial charge in [0.2, 0.25) is 0 Å². The van der Waals surface area contributed by atoms with Gasteiger partial charge in [-0.2, -0.15) is 0 Å². The molecule has 0 aromatic rings. The Labute approximate surface area is 43.6 Å². The summed E-state index contributed by atoms with van der Waals surface area (Å²) < 4.78 is 0. The second-order valence-electron chi connectivity index (χ2n) is 0.141. The molecule has 4 heavy (non-hydrogen) atoms. The SMILES string of the molecule is OCO.[H-].[H-].[Mg+2]. The van der Waals surface area contributed by atoms with Crippen LogP contribution in [0.5, 0.6) is 0 Å². The van der Waals surface area contributed by atoms with Gasteiger partial charge in [0.05, 0.1) is 0 Å². The maximum atomic E-state index is 7.12. The van der Waals surface area contributed by atoms with E-state index in [1.54, 1.807) is 0 Å². The van der Waals surface area contributed by atoms with Gasteiger partial charge in [-0.1, -0.05) is 0 Å². The molecule has 0 rings (SSSR count). The third-order valence-electron chi connectivity index (χ3n) is 0. The molecule has 0 aliphatic rings. The molecule has 0 unspecified atom stereocenters. The molecule has 0 fully saturated rings. The Balaban J connectivity index is -0.00000000667. The van der Waals surface area contributed by atoms with Crippen LogP contribution in [0.25, 0.3) is 0 Å². The molecule has 2 N–H and O–H groups in total. The van der Waals surface area contributed by atoms with Crippen LogP contribution in [-0.4, -0.2) is 40.1 Å². The maximum absolute atomic E-state index is 7.12. The van der Waals surface area contributed by atoms with E-state index in [1.807, 2.05) is 0 Å². The summed E-state index contributed by atoms with van der Waals surface area (Å²) in [5.41, 5.74) is 0. The van der Waals surface area contributed by atoms with E-state index in [0.717, 1.165) is 0 Å². The van der Waals surface area contributed by atoms with E-state index in [2.05, 4.69) is 0 Å². The molecular formula is CH6MgO2. The van der Waals surface area contributed by atoms with E-state index in [0.29, 0.717) is 0 Å². The van der Waals surface area contributed by atoms with E-state index >= 15 is 0 Å². The Morgan fingerprint density at radius 2 is 1.50 bits per heavy atom. The third kappa shape index (κ3) is 16.2. The van der Waals surface area contributed by atoms with E-state index in [9.17, 15) is 0 Å². The summed E-state index contributed by atoms with van der Waals surface area (Å²) in [6, 6.07) is 0. The molecular weight excluding hydrogens is 68.3 g/mol. The minimum Gasteiger partial charge on any atom is -1.00 e. The average molecular weight is 74.4 g/mol. The molecule has 0 aromatic heterocycles. The monoisotopic (exact) mass is 74.0 g/mol. The van der Waals surface area contributed by atoms with Crippen molar-refractivity contribution in [1.82, 2.24) is 0 Å². The van der Waals surface area contributed by atoms with Gasteiger partial charge in [-0.15, -0.1) is 0 Å². The predicted octanol–water partition coefficient (Wildman–Crippen LogP) is -1.23. The van der Waals surface area contributed by atoms with Gasteiger partial charge in [-0.25, -0.2) is 0 Å². The van der Waals surface area contributed by atoms with Crippen molar-refractivity contribution >= 4 is 23.1 Å². The minimum atomic E-state index is -0.750. The van der Waals surface area contributed by atoms with Crippen LogP contribution in [0, 0.1) is 0 Å². The van der Waals surface area contributed by atoms with E-state index in [-0.39, 0.29) is 25.9 Å². The van der Waals surface area contributed by atoms with E-state index in [4.69, 9.17) is 10.2 Å². The largest absolute Gasteiger partial charge is 2.00 e. The second kappa shape index (κ2) is 9.35. The smallest absolute Gasteiger partial charge is 1.00 e. The van der Waals surface area contributed by atoms with E-state index in [1.165, 1.54) is 0 Å². The molecule has 0 saturated heterocycles. The molecule has 0 aliphatic heterocycles. The fourth-order valence-corrected chi connectivity index (χ4v) is 0. The van der Waals surface area contributed by atoms with Crippen molar-refractivity contribution in [3.8, 4) is 0 Å². The first-order valence-electron chi connectivity index (χ1n) is 0.632. The topological polar surface area (TPSA) is 40.5 Å². The summed E-state index contributed by atoms with van der Waals surface area (Å²) in [7, 11) is 0. The molecule has 0 bridgehead atoms. The van der Waals surface area contributed by atoms with Crippen LogP contribution >= 0.6 is 0 Å². The first-order chi connectivity index (χ1) is 1.41. The van der Waals surface area contributed by atoms with Crippen LogP contribution in [0.4, 0.5) is 0 Å². The predicted molar refractivity (Wildman–Crippen MR) is 17.3 cm³/mol. The van der Waals surface area contributed by atoms with Gasteiger partial charge >= 0.3 is 23.1 Å². The Kier molecular flexibility index (Phi) is 20.6. The molecule has 24 valence electrons. The molecule has 0 amide bonds. The van der Waals surface area contributed by atoms with Crippen molar-refractivity contribution in [1.29, 1.82) is 0 Å². The number of aliphatic hydroxyl groups excluding tert-OH is 1. The van der Waals surface area contributed by atoms with Crippen molar-refractivity contribution < 1.29 is 13.1 Å². The normalized spacial score (nSPS) is 4.50. The summed E-state index contributed by atoms with van der Waals surface area (Å²) in [4.78, 5) is 0. The summed E-state index contributed by atoms with van der Waals surface area (Å²) in [5, 5.41) is 14.2. The zero-order chi connectivity index (χ0) is 2.71. The molecule has 0 heterocycles. The van der Waals surface area contributed by atoms with Crippen molar-refractivity contribution in [2.75, 3.05) is 6.79 Å². The average Bonchev–Trinajstić information content (AvgIpc) is 0.918. The summed E-state index contributed by atoms with van der Waals surface area (Å²) in [6.07, 6.45) is 0. The molecule has 0 saturated carbocycles. The van der Waals surface area contributed by atoms with Gasteiger partial charge < -0.3 is 13.1 Å². The van der Waals surface area contributed by atoms with Crippen LogP contribution in [0.2, 0.25) is 0 Å². The molecule has 3 heteroatoms. The Morgan fingerprint density at radius 3 is 1.50 bits per heavy atom. The van der Waals surface area contributed by atoms with Crippen molar-refractivity contribution in [2.24, 2.45) is 0 Å². The van der Waals surface area contributed by atoms with Crippen LogP contribution in [0.3, 0.4) is 0 Å². The van der Waals surface area contributed by atoms with Crippen LogP contribution in [-0.2, 0) is 0 Å². The number of rotatable bonds is 0. The van der Waals surface area contributed by atoms with E-state index < -0.39 is 6.79 Å². The van der Waals surface area contributed by atoms with Crippen LogP contribution in [0.15, 0.2) is 0 Å². The first-order valence-corrected chi connectivity index (χ1v) is 0.632. The fraction of sp³-hybridized carbons (Fsp3) is 1.00. The van der Waals surface area contributed by atoms with Crippen molar-refractivity contribution in [3.05, 3.63) is 0 Å². The molecule has 0 aromatic carbocycles. The molecule has 0 atom stereocenters. The van der Waals surface area contributed by atoms with Crippen molar-refractivity contribution in [3.63, 3.8) is 0 Å². The van der Waals surface area contributed by atoms with Gasteiger partial charge in [0.25, 0.3) is 0 Å². The molecule has 0 aliphatic carbocycles. The van der Waals surface area contributed by atoms with Gasteiger partial charge in [0, 0.05) is 0 Å². The third-order valence-corrected chi connectivity index (χ3v) is 0. The van der Waals surface area contributed by atoms with Crippen molar-refractivity contribution in [2.45, 2.75) is 0 Å². The standard InChI is InChI=1S/CH4O2.Mg.2H/c2-1-3;;;/h2-3H,1H2;;;/q;+2;2*-1. The summed E-state index contributed by atoms with van der Waals surface area (Å²) in [5.74, 6) is 0. The number of aliphatic hydroxyl groups is 2. The first kappa shape index (κ1) is 8.82. The Hall–Kier alpha value is 0.686. The summed E-state index contributed by atoms with van der Waals surface area (Å²) in [6.45, 7) is -0.750. The second-order valence-corrected chi connectivity index (χ2v) is 0.141. The van der Waals surface area contributed by atoms with Crippen LogP contribution in [0.1, 0.15) is 2.85 Å². The molecule has 2 nitrogen and oxygen atoms in total. The minimum absolute atomic E-state index is 0. The number of hydrogen-bond donors (Lipinski definition) is 2. The zero-order valence-corrected chi connectivity index (χ0v) is 3.72. The Morgan fingerprint density at radius 1 is 1.50 bits per heavy atom. The van der Waals surface area contributed by atoms with Crippen LogP contribution < -0.4 is 0 Å². The fourth-order valence-electron chi connectivity index (χ4n) is 0. The van der Waals surface area contributed by atoms with Gasteiger partial charge in [-0.3, -0.25) is 0 Å².